The SMILES string of the molecule is Cc1ccc(-c2cc(NC(=O)CN3CCC[C@H]3c3ccc4c(c3)OCCO4)on2)cc1. The highest BCUT2D eigenvalue weighted by Crippen LogP contribution is 2.38. The Morgan fingerprint density at radius 3 is 2.74 bits per heavy atom. The molecule has 31 heavy (non-hydrogen) atoms. The van der Waals surface area contributed by atoms with Gasteiger partial charge >= 0.3 is 0 Å². The predicted octanol–water partition coefficient (Wildman–Crippen LogP) is 4.20. The standard InChI is InChI=1S/C24H25N3O4/c1-16-4-6-17(7-5-16)19-14-24(31-26-19)25-23(28)15-27-10-2-3-20(27)18-8-9-21-22(13-18)30-12-11-29-21/h4-9,13-14,20H,2-3,10-12,15H2,1H3,(H,25,28)/t20-/m0/s1. The fourth-order valence-corrected chi connectivity index (χ4v) is 4.22. The third kappa shape index (κ3) is 4.27. The van der Waals surface area contributed by atoms with Crippen molar-refractivity contribution in [2.75, 3.05) is 31.6 Å². The van der Waals surface area contributed by atoms with Gasteiger partial charge in [-0.1, -0.05) is 41.1 Å². The molecule has 1 aromatic heterocycles. The van der Waals surface area contributed by atoms with Crippen molar-refractivity contribution >= 4 is 11.8 Å². The Balaban J connectivity index is 1.23. The van der Waals surface area contributed by atoms with Crippen molar-refractivity contribution < 1.29 is 18.8 Å². The number of nitrogens with one attached hydrogen (secondary N) is 1. The van der Waals surface area contributed by atoms with Crippen molar-refractivity contribution in [2.45, 2.75) is 25.8 Å². The Labute approximate surface area is 180 Å². The van der Waals surface area contributed by atoms with Crippen molar-refractivity contribution in [3.05, 3.63) is 59.7 Å². The largest absolute Gasteiger partial charge is 0.486 e. The van der Waals surface area contributed by atoms with Gasteiger partial charge in [0.1, 0.15) is 18.9 Å². The molecular weight excluding hydrogens is 394 g/mol. The molecule has 0 saturated carbocycles. The maximum absolute atomic E-state index is 12.7. The van der Waals surface area contributed by atoms with Gasteiger partial charge in [0.05, 0.1) is 6.54 Å². The number of carbonyl (C=O) groups excluding carboxylic acids is 1. The highest BCUT2D eigenvalue weighted by atomic mass is 16.6. The number of rotatable bonds is 5. The lowest BCUT2D eigenvalue weighted by Gasteiger charge is -2.26. The van der Waals surface area contributed by atoms with Crippen molar-refractivity contribution in [3.8, 4) is 22.8 Å². The first-order valence-corrected chi connectivity index (χ1v) is 10.6. The zero-order chi connectivity index (χ0) is 21.2. The summed E-state index contributed by atoms with van der Waals surface area (Å²) in [6.45, 7) is 4.34. The third-order valence-corrected chi connectivity index (χ3v) is 5.78. The van der Waals surface area contributed by atoms with Crippen LogP contribution in [0.15, 0.2) is 53.1 Å². The monoisotopic (exact) mass is 419 g/mol. The molecule has 7 nitrogen and oxygen atoms in total. The fourth-order valence-electron chi connectivity index (χ4n) is 4.22. The van der Waals surface area contributed by atoms with E-state index in [4.69, 9.17) is 14.0 Å². The highest BCUT2D eigenvalue weighted by Gasteiger charge is 2.29. The van der Waals surface area contributed by atoms with Crippen LogP contribution in [0.4, 0.5) is 5.88 Å². The Bertz CT molecular complexity index is 1080. The second-order valence-corrected chi connectivity index (χ2v) is 8.02. The van der Waals surface area contributed by atoms with Gasteiger partial charge in [-0.2, -0.15) is 0 Å². The van der Waals surface area contributed by atoms with Crippen molar-refractivity contribution in [3.63, 3.8) is 0 Å². The maximum atomic E-state index is 12.7. The second-order valence-electron chi connectivity index (χ2n) is 8.02. The second kappa shape index (κ2) is 8.43. The minimum absolute atomic E-state index is 0.115. The molecule has 1 amide bonds. The summed E-state index contributed by atoms with van der Waals surface area (Å²) < 4.78 is 16.7. The quantitative estimate of drug-likeness (QED) is 0.668. The van der Waals surface area contributed by atoms with Crippen LogP contribution in [0.25, 0.3) is 11.3 Å². The van der Waals surface area contributed by atoms with Gasteiger partial charge < -0.3 is 14.0 Å². The van der Waals surface area contributed by atoms with E-state index in [0.717, 1.165) is 42.0 Å². The average molecular weight is 419 g/mol. The number of nitrogens with zero attached hydrogens (tertiary/aromatic N) is 2. The Hall–Kier alpha value is -3.32. The lowest BCUT2D eigenvalue weighted by atomic mass is 10.0. The van der Waals surface area contributed by atoms with E-state index >= 15 is 0 Å². The van der Waals surface area contributed by atoms with E-state index in [0.29, 0.717) is 31.3 Å². The summed E-state index contributed by atoms with van der Waals surface area (Å²) in [5, 5.41) is 6.91. The predicted molar refractivity (Wildman–Crippen MR) is 116 cm³/mol. The molecule has 0 radical (unpaired) electrons. The van der Waals surface area contributed by atoms with Crippen molar-refractivity contribution in [1.82, 2.24) is 10.1 Å². The molecule has 0 spiro atoms. The number of hydrogen-bond donors (Lipinski definition) is 1. The molecule has 0 unspecified atom stereocenters. The maximum Gasteiger partial charge on any atom is 0.240 e. The number of carbonyl (C=O) groups is 1. The molecule has 3 aromatic rings. The molecular formula is C24H25N3O4. The summed E-state index contributed by atoms with van der Waals surface area (Å²) >= 11 is 0. The molecule has 1 saturated heterocycles. The number of amides is 1. The Kier molecular flexibility index (Phi) is 5.34. The first kappa shape index (κ1) is 19.6. The van der Waals surface area contributed by atoms with Crippen LogP contribution < -0.4 is 14.8 Å². The minimum Gasteiger partial charge on any atom is -0.486 e. The van der Waals surface area contributed by atoms with Gasteiger partial charge in [-0.05, 0) is 44.0 Å². The van der Waals surface area contributed by atoms with Crippen LogP contribution in [0.1, 0.15) is 30.0 Å². The highest BCUT2D eigenvalue weighted by molar-refractivity contribution is 5.91. The Morgan fingerprint density at radius 2 is 1.90 bits per heavy atom. The zero-order valence-electron chi connectivity index (χ0n) is 17.5. The van der Waals surface area contributed by atoms with Crippen LogP contribution >= 0.6 is 0 Å². The van der Waals surface area contributed by atoms with Crippen LogP contribution in [-0.4, -0.2) is 42.3 Å². The minimum atomic E-state index is -0.115. The van der Waals surface area contributed by atoms with E-state index in [-0.39, 0.29) is 11.9 Å². The zero-order valence-corrected chi connectivity index (χ0v) is 17.5. The number of fused-ring (bicyclic) bond motifs is 1. The molecule has 5 rings (SSSR count). The van der Waals surface area contributed by atoms with Crippen LogP contribution in [0.5, 0.6) is 11.5 Å². The van der Waals surface area contributed by atoms with Gasteiger partial charge in [-0.3, -0.25) is 15.0 Å². The van der Waals surface area contributed by atoms with Crippen LogP contribution in [-0.2, 0) is 4.79 Å². The lowest BCUT2D eigenvalue weighted by Crippen LogP contribution is -2.32. The lowest BCUT2D eigenvalue weighted by molar-refractivity contribution is -0.117. The van der Waals surface area contributed by atoms with E-state index in [1.165, 1.54) is 5.56 Å². The van der Waals surface area contributed by atoms with Gasteiger partial charge in [-0.25, -0.2) is 0 Å². The van der Waals surface area contributed by atoms with Gasteiger partial charge in [0.25, 0.3) is 0 Å². The van der Waals surface area contributed by atoms with Gasteiger partial charge in [0.15, 0.2) is 11.5 Å². The normalized spacial score (nSPS) is 18.2. The number of likely N-dealkylation sites (tertiary alicyclic amines) is 1. The average Bonchev–Trinajstić information content (AvgIpc) is 3.43. The summed E-state index contributed by atoms with van der Waals surface area (Å²) in [5.74, 6) is 1.81. The van der Waals surface area contributed by atoms with Crippen LogP contribution in [0.2, 0.25) is 0 Å². The molecule has 2 aliphatic rings. The van der Waals surface area contributed by atoms with Crippen LogP contribution in [0, 0.1) is 6.92 Å². The first-order chi connectivity index (χ1) is 15.2. The van der Waals surface area contributed by atoms with Crippen molar-refractivity contribution in [1.29, 1.82) is 0 Å². The topological polar surface area (TPSA) is 76.8 Å². The smallest absolute Gasteiger partial charge is 0.240 e. The summed E-state index contributed by atoms with van der Waals surface area (Å²) in [6, 6.07) is 16.0. The molecule has 1 N–H and O–H groups in total. The summed E-state index contributed by atoms with van der Waals surface area (Å²) in [7, 11) is 0. The summed E-state index contributed by atoms with van der Waals surface area (Å²) in [4.78, 5) is 14.9. The van der Waals surface area contributed by atoms with Gasteiger partial charge in [0.2, 0.25) is 11.8 Å². The number of aromatic nitrogens is 1. The van der Waals surface area contributed by atoms with E-state index in [9.17, 15) is 4.79 Å². The molecule has 1 fully saturated rings. The van der Waals surface area contributed by atoms with Gasteiger partial charge in [-0.15, -0.1) is 0 Å². The summed E-state index contributed by atoms with van der Waals surface area (Å²) in [5.41, 5.74) is 3.98. The van der Waals surface area contributed by atoms with Gasteiger partial charge in [0, 0.05) is 17.7 Å². The molecule has 0 bridgehead atoms. The fraction of sp³-hybridized carbons (Fsp3) is 0.333. The third-order valence-electron chi connectivity index (χ3n) is 5.78. The van der Waals surface area contributed by atoms with E-state index in [2.05, 4.69) is 21.4 Å². The number of hydrogen-bond acceptors (Lipinski definition) is 6. The van der Waals surface area contributed by atoms with Crippen LogP contribution in [0.3, 0.4) is 0 Å². The molecule has 1 atom stereocenters. The molecule has 7 heteroatoms. The molecule has 3 heterocycles. The first-order valence-electron chi connectivity index (χ1n) is 10.6. The number of benzene rings is 2. The van der Waals surface area contributed by atoms with E-state index in [1.807, 2.05) is 43.3 Å². The number of aryl methyl sites for hydroxylation is 1. The molecule has 2 aromatic carbocycles. The summed E-state index contributed by atoms with van der Waals surface area (Å²) in [6.07, 6.45) is 2.05. The molecule has 160 valence electrons. The van der Waals surface area contributed by atoms with Crippen molar-refractivity contribution in [2.24, 2.45) is 0 Å². The number of anilines is 1. The molecule has 0 aliphatic carbocycles. The Morgan fingerprint density at radius 1 is 1.10 bits per heavy atom. The van der Waals surface area contributed by atoms with E-state index < -0.39 is 0 Å². The molecule has 2 aliphatic heterocycles. The number of ether oxygens (including phenoxy) is 2. The van der Waals surface area contributed by atoms with E-state index in [1.54, 1.807) is 6.07 Å².